The van der Waals surface area contributed by atoms with E-state index >= 15 is 0 Å². The molecule has 2 aliphatic rings. The third-order valence-electron chi connectivity index (χ3n) is 15.9. The summed E-state index contributed by atoms with van der Waals surface area (Å²) in [6, 6.07) is 73.1. The van der Waals surface area contributed by atoms with Crippen molar-refractivity contribution in [3.8, 4) is 123 Å². The van der Waals surface area contributed by atoms with Crippen molar-refractivity contribution in [1.29, 1.82) is 0 Å². The van der Waals surface area contributed by atoms with Crippen LogP contribution in [-0.4, -0.2) is 9.97 Å². The lowest BCUT2D eigenvalue weighted by atomic mass is 9.76. The second-order valence-electron chi connectivity index (χ2n) is 21.1. The first kappa shape index (κ1) is 42.4. The normalized spacial score (nSPS) is 13.2. The van der Waals surface area contributed by atoms with E-state index in [4.69, 9.17) is 14.4 Å². The molecule has 12 aromatic rings. The van der Waals surface area contributed by atoms with Crippen LogP contribution in [0.4, 0.5) is 0 Å². The summed E-state index contributed by atoms with van der Waals surface area (Å²) in [4.78, 5) is 11.2. The zero-order chi connectivity index (χ0) is 54.1. The highest BCUT2D eigenvalue weighted by molar-refractivity contribution is 6.11. The summed E-state index contributed by atoms with van der Waals surface area (Å²) in [5.74, 6) is -3.16. The van der Waals surface area contributed by atoms with E-state index in [1.54, 1.807) is 0 Å². The second-order valence-corrected chi connectivity index (χ2v) is 21.1. The minimum absolute atomic E-state index is 0.431. The Kier molecular flexibility index (Phi) is 9.99. The Morgan fingerprint density at radius 1 is 0.355 bits per heavy atom. The van der Waals surface area contributed by atoms with Crippen molar-refractivity contribution in [1.82, 2.24) is 9.97 Å². The van der Waals surface area contributed by atoms with E-state index in [0.717, 1.165) is 133 Å². The van der Waals surface area contributed by atoms with E-state index in [-0.39, 0.29) is 0 Å². The lowest BCUT2D eigenvalue weighted by Crippen LogP contribution is -2.10. The van der Waals surface area contributed by atoms with Gasteiger partial charge in [-0.05, 0) is 142 Å². The molecule has 14 rings (SSSR count). The van der Waals surface area contributed by atoms with Gasteiger partial charge in [0, 0.05) is 43.3 Å². The van der Waals surface area contributed by atoms with Crippen molar-refractivity contribution >= 4 is 21.9 Å². The van der Waals surface area contributed by atoms with Crippen molar-refractivity contribution in [2.24, 2.45) is 0 Å². The Labute approximate surface area is 449 Å². The first-order chi connectivity index (χ1) is 38.1. The molecule has 0 radical (unpaired) electrons. The molecule has 76 heavy (non-hydrogen) atoms. The van der Waals surface area contributed by atoms with Gasteiger partial charge < -0.3 is 4.42 Å². The zero-order valence-corrected chi connectivity index (χ0v) is 43.5. The maximum Gasteiger partial charge on any atom is 0.160 e. The monoisotopic (exact) mass is 979 g/mol. The molecule has 0 saturated carbocycles. The summed E-state index contributed by atoms with van der Waals surface area (Å²) in [5, 5.41) is 2.17. The minimum atomic E-state index is -1.27. The smallest absolute Gasteiger partial charge is 0.160 e. The largest absolute Gasteiger partial charge is 0.455 e. The number of hydrogen-bond acceptors (Lipinski definition) is 3. The van der Waals surface area contributed by atoms with E-state index in [9.17, 15) is 4.11 Å². The maximum absolute atomic E-state index is 10.3. The summed E-state index contributed by atoms with van der Waals surface area (Å²) in [5.41, 5.74) is 25.1. The molecule has 0 N–H and O–H groups in total. The van der Waals surface area contributed by atoms with Crippen LogP contribution >= 0.6 is 0 Å². The first-order valence-corrected chi connectivity index (χ1v) is 26.4. The predicted molar refractivity (Wildman–Crippen MR) is 318 cm³/mol. The molecule has 0 aliphatic heterocycles. The van der Waals surface area contributed by atoms with Crippen LogP contribution in [0.1, 0.15) is 80.0 Å². The molecule has 0 saturated heterocycles. The number of fused-ring (bicyclic) bond motifs is 19. The quantitative estimate of drug-likeness (QED) is 0.167. The van der Waals surface area contributed by atoms with Gasteiger partial charge in [0.05, 0.1) is 5.69 Å². The zero-order valence-electron chi connectivity index (χ0n) is 46.5. The minimum Gasteiger partial charge on any atom is -0.455 e. The van der Waals surface area contributed by atoms with Crippen LogP contribution in [0.25, 0.3) is 145 Å². The molecule has 0 bridgehead atoms. The van der Waals surface area contributed by atoms with Crippen molar-refractivity contribution in [2.75, 3.05) is 0 Å². The SMILES string of the molecule is [2H]C(C)(C)c1cc(C([2H])(C)C)c(-c2ncc3c(n2)-c2ccccc2-c2ccccc2-c2cc(-c4cccc5c4oc4ccccc45)ccc2-3)c(C([2H])(C)C)c1-c1ccc2c(c1)-c1ccccc1-c1ccccc1-c1ccccc1-2. The summed E-state index contributed by atoms with van der Waals surface area (Å²) in [6.07, 6.45) is 1.96. The Hall–Kier alpha value is -8.92. The lowest BCUT2D eigenvalue weighted by Gasteiger charge is -2.29. The standard InChI is InChI=1S/C73H56N2O/c1-42(2)62-40-63(43(3)4)70(68(44(5)6)69(62)46-35-37-57-52-24-10-9-22-50(52)48-20-7-8-21-49(48)51-23-11-13-27-55(51)65(57)39-46)73-74-41-66-58-36-34-45(47-31-19-32-61-59-29-17-18-33-67(59)76-72(47)61)38-64(58)56-28-14-12-25-53(56)54-26-15-16-30-60(54)71(66)75-73/h7-44H,1-6H3/i42D,43D,44D. The number of nitrogens with zero attached hydrogens (tertiary/aromatic N) is 2. The van der Waals surface area contributed by atoms with Gasteiger partial charge >= 0.3 is 0 Å². The maximum atomic E-state index is 10.3. The number of benzene rings is 10. The predicted octanol–water partition coefficient (Wildman–Crippen LogP) is 20.7. The number of para-hydroxylation sites is 2. The fourth-order valence-electron chi connectivity index (χ4n) is 12.4. The molecule has 3 nitrogen and oxygen atoms in total. The lowest BCUT2D eigenvalue weighted by molar-refractivity contribution is 0.670. The Balaban J connectivity index is 1.04. The van der Waals surface area contributed by atoms with Crippen LogP contribution in [0.2, 0.25) is 0 Å². The molecule has 2 aliphatic carbocycles. The molecule has 2 heterocycles. The second kappa shape index (κ2) is 17.9. The number of furan rings is 1. The van der Waals surface area contributed by atoms with Crippen LogP contribution in [0.15, 0.2) is 217 Å². The average molecular weight is 980 g/mol. The van der Waals surface area contributed by atoms with Gasteiger partial charge in [0.15, 0.2) is 5.82 Å². The molecule has 10 aromatic carbocycles. The first-order valence-electron chi connectivity index (χ1n) is 27.9. The van der Waals surface area contributed by atoms with Gasteiger partial charge in [0.1, 0.15) is 11.2 Å². The van der Waals surface area contributed by atoms with E-state index in [0.29, 0.717) is 22.5 Å². The molecule has 0 amide bonds. The molecule has 0 atom stereocenters. The molecular weight excluding hydrogens is 921 g/mol. The average Bonchev–Trinajstić information content (AvgIpc) is 3.98. The van der Waals surface area contributed by atoms with Crippen LogP contribution in [0, 0.1) is 0 Å². The van der Waals surface area contributed by atoms with Crippen molar-refractivity contribution in [3.05, 3.63) is 229 Å². The molecule has 3 heteroatoms. The Morgan fingerprint density at radius 2 is 0.776 bits per heavy atom. The summed E-state index contributed by atoms with van der Waals surface area (Å²) >= 11 is 0. The van der Waals surface area contributed by atoms with E-state index in [1.807, 2.05) is 59.9 Å². The van der Waals surface area contributed by atoms with E-state index < -0.39 is 17.7 Å². The van der Waals surface area contributed by atoms with Crippen molar-refractivity contribution in [3.63, 3.8) is 0 Å². The molecule has 364 valence electrons. The Morgan fingerprint density at radius 3 is 1.33 bits per heavy atom. The van der Waals surface area contributed by atoms with E-state index in [2.05, 4.69) is 194 Å². The van der Waals surface area contributed by atoms with Crippen LogP contribution in [0.5, 0.6) is 0 Å². The summed E-state index contributed by atoms with van der Waals surface area (Å²) in [6.45, 7) is 11.5. The van der Waals surface area contributed by atoms with Crippen molar-refractivity contribution in [2.45, 2.75) is 59.2 Å². The molecule has 0 spiro atoms. The number of hydrogen-bond donors (Lipinski definition) is 0. The van der Waals surface area contributed by atoms with Gasteiger partial charge in [0.2, 0.25) is 0 Å². The van der Waals surface area contributed by atoms with Gasteiger partial charge in [-0.1, -0.05) is 230 Å². The van der Waals surface area contributed by atoms with Gasteiger partial charge in [-0.15, -0.1) is 0 Å². The van der Waals surface area contributed by atoms with Gasteiger partial charge in [0.25, 0.3) is 0 Å². The van der Waals surface area contributed by atoms with Crippen molar-refractivity contribution < 1.29 is 8.53 Å². The number of rotatable bonds is 6. The van der Waals surface area contributed by atoms with Gasteiger partial charge in [-0.3, -0.25) is 0 Å². The van der Waals surface area contributed by atoms with Crippen LogP contribution in [0.3, 0.4) is 0 Å². The molecule has 2 aromatic heterocycles. The highest BCUT2D eigenvalue weighted by Gasteiger charge is 2.31. The molecule has 0 fully saturated rings. The fourth-order valence-corrected chi connectivity index (χ4v) is 12.4. The Bertz CT molecular complexity index is 4500. The third kappa shape index (κ3) is 7.09. The highest BCUT2D eigenvalue weighted by atomic mass is 16.3. The number of aromatic nitrogens is 2. The summed E-state index contributed by atoms with van der Waals surface area (Å²) in [7, 11) is 0. The molecular formula is C73H56N2O. The topological polar surface area (TPSA) is 38.9 Å². The fraction of sp³-hybridized carbons (Fsp3) is 0.123. The van der Waals surface area contributed by atoms with Gasteiger partial charge in [-0.2, -0.15) is 0 Å². The molecule has 0 unspecified atom stereocenters. The summed E-state index contributed by atoms with van der Waals surface area (Å²) < 4.78 is 36.8. The van der Waals surface area contributed by atoms with Crippen LogP contribution in [-0.2, 0) is 0 Å². The highest BCUT2D eigenvalue weighted by Crippen LogP contribution is 2.53. The van der Waals surface area contributed by atoms with Crippen LogP contribution < -0.4 is 0 Å². The van der Waals surface area contributed by atoms with Gasteiger partial charge in [-0.25, -0.2) is 9.97 Å². The third-order valence-corrected chi connectivity index (χ3v) is 15.9. The van der Waals surface area contributed by atoms with E-state index in [1.165, 1.54) is 5.56 Å².